The van der Waals surface area contributed by atoms with Crippen LogP contribution in [0.5, 0.6) is 0 Å². The highest BCUT2D eigenvalue weighted by molar-refractivity contribution is 5.96. The SMILES string of the molecule is CC[C@@H](C)C(=O)NC(C(=O)N1Cc2ccccc2C[C@H]1C(=O)N(Cc1ccccc1)Cc1ccc(C(=O)NC2C[C@@H](C(=O)NC3CCCc4ccccc43)N(C(=O)[C@@H](CC(=O)[C@H](C)NC)C(C)(C)C)C2)cc1)C(C)(C)C. The molecule has 7 rings (SSSR count). The van der Waals surface area contributed by atoms with Crippen LogP contribution in [0.4, 0.5) is 0 Å². The molecular formula is C62H81N7O7. The number of likely N-dealkylation sites (tertiary alicyclic amines) is 1. The van der Waals surface area contributed by atoms with Crippen LogP contribution in [-0.4, -0.2) is 99.7 Å². The molecule has 0 bridgehead atoms. The third-order valence-electron chi connectivity index (χ3n) is 16.0. The lowest BCUT2D eigenvalue weighted by Crippen LogP contribution is -2.61. The number of carbonyl (C=O) groups is 7. The summed E-state index contributed by atoms with van der Waals surface area (Å²) in [7, 11) is 1.71. The highest BCUT2D eigenvalue weighted by Gasteiger charge is 2.47. The Bertz CT molecular complexity index is 2730. The van der Waals surface area contributed by atoms with Crippen molar-refractivity contribution in [2.75, 3.05) is 13.6 Å². The Balaban J connectivity index is 1.12. The molecule has 76 heavy (non-hydrogen) atoms. The van der Waals surface area contributed by atoms with Crippen LogP contribution in [-0.2, 0) is 61.2 Å². The van der Waals surface area contributed by atoms with Gasteiger partial charge in [-0.25, -0.2) is 0 Å². The summed E-state index contributed by atoms with van der Waals surface area (Å²) in [5, 5.41) is 12.4. The number of hydrogen-bond donors (Lipinski definition) is 4. The van der Waals surface area contributed by atoms with Crippen LogP contribution >= 0.6 is 0 Å². The van der Waals surface area contributed by atoms with Crippen molar-refractivity contribution >= 4 is 41.2 Å². The second-order valence-electron chi connectivity index (χ2n) is 23.6. The molecule has 0 aromatic heterocycles. The van der Waals surface area contributed by atoms with Crippen LogP contribution in [0.2, 0.25) is 0 Å². The third kappa shape index (κ3) is 13.6. The van der Waals surface area contributed by atoms with Crippen molar-refractivity contribution in [1.29, 1.82) is 0 Å². The average molecular weight is 1040 g/mol. The molecule has 1 fully saturated rings. The van der Waals surface area contributed by atoms with Crippen LogP contribution in [0, 0.1) is 22.7 Å². The lowest BCUT2D eigenvalue weighted by atomic mass is 9.76. The first-order valence-electron chi connectivity index (χ1n) is 27.4. The smallest absolute Gasteiger partial charge is 0.251 e. The summed E-state index contributed by atoms with van der Waals surface area (Å²) in [6, 6.07) is 28.8. The van der Waals surface area contributed by atoms with E-state index in [1.54, 1.807) is 40.8 Å². The standard InChI is InChI=1S/C62H81N7O7/c1-11-39(2)55(71)66-54(62(7,8)9)60(76)68-37-46-24-16-15-23-45(46)32-52(68)59(75)67(35-41-20-13-12-14-21-41)36-42-28-30-44(31-29-42)56(72)64-47-33-51(57(73)65-50-27-19-25-43-22-17-18-26-48(43)50)69(38-47)58(74)49(61(4,5)6)34-53(70)40(3)63-10/h12-18,20-24,26,28-31,39-40,47,49-52,54,63H,11,19,25,27,32-38H2,1-10H3,(H,64,72)(H,65,73)(H,66,71)/t39-,40+,47?,49-,50?,51+,52+,54?/m1/s1. The van der Waals surface area contributed by atoms with E-state index in [0.29, 0.717) is 18.4 Å². The maximum absolute atomic E-state index is 15.3. The number of nitrogens with one attached hydrogen (secondary N) is 4. The first-order valence-corrected chi connectivity index (χ1v) is 27.4. The normalized spacial score (nSPS) is 20.0. The van der Waals surface area contributed by atoms with Gasteiger partial charge in [0.25, 0.3) is 5.91 Å². The molecule has 14 heteroatoms. The molecule has 4 aromatic carbocycles. The minimum atomic E-state index is -0.880. The largest absolute Gasteiger partial charge is 0.347 e. The number of nitrogens with zero attached hydrogens (tertiary/aromatic N) is 3. The lowest BCUT2D eigenvalue weighted by Gasteiger charge is -2.42. The number of likely N-dealkylation sites (N-methyl/N-ethyl adjacent to an activating group) is 1. The van der Waals surface area contributed by atoms with Crippen LogP contribution in [0.3, 0.4) is 0 Å². The van der Waals surface area contributed by atoms with Crippen molar-refractivity contribution in [1.82, 2.24) is 36.0 Å². The van der Waals surface area contributed by atoms with E-state index in [9.17, 15) is 28.8 Å². The van der Waals surface area contributed by atoms with Gasteiger partial charge in [0.2, 0.25) is 29.5 Å². The van der Waals surface area contributed by atoms with Gasteiger partial charge in [0, 0.05) is 62.5 Å². The number of fused-ring (bicyclic) bond motifs is 2. The first kappa shape index (κ1) is 57.0. The lowest BCUT2D eigenvalue weighted by molar-refractivity contribution is -0.151. The molecule has 0 radical (unpaired) electrons. The maximum Gasteiger partial charge on any atom is 0.251 e. The number of amides is 6. The second kappa shape index (κ2) is 24.5. The fraction of sp³-hybridized carbons (Fsp3) is 0.500. The van der Waals surface area contributed by atoms with Gasteiger partial charge in [-0.1, -0.05) is 146 Å². The average Bonchev–Trinajstić information content (AvgIpc) is 3.85. The topological polar surface area (TPSA) is 177 Å². The Morgan fingerprint density at radius 1 is 0.697 bits per heavy atom. The highest BCUT2D eigenvalue weighted by Crippen LogP contribution is 2.36. The fourth-order valence-corrected chi connectivity index (χ4v) is 10.8. The van der Waals surface area contributed by atoms with Crippen molar-refractivity contribution in [3.05, 3.63) is 142 Å². The van der Waals surface area contributed by atoms with Crippen molar-refractivity contribution in [3.63, 3.8) is 0 Å². The zero-order valence-electron chi connectivity index (χ0n) is 46.4. The Hall–Kier alpha value is -6.67. The summed E-state index contributed by atoms with van der Waals surface area (Å²) in [5.41, 5.74) is 4.97. The minimum Gasteiger partial charge on any atom is -0.347 e. The number of carbonyl (C=O) groups excluding carboxylic acids is 7. The Kier molecular flexibility index (Phi) is 18.4. The Labute approximate surface area is 450 Å². The van der Waals surface area contributed by atoms with E-state index in [4.69, 9.17) is 0 Å². The van der Waals surface area contributed by atoms with Gasteiger partial charge < -0.3 is 36.0 Å². The van der Waals surface area contributed by atoms with Crippen LogP contribution < -0.4 is 21.3 Å². The summed E-state index contributed by atoms with van der Waals surface area (Å²) in [5.74, 6) is -2.82. The molecule has 4 N–H and O–H groups in total. The molecule has 4 aromatic rings. The maximum atomic E-state index is 15.3. The summed E-state index contributed by atoms with van der Waals surface area (Å²) in [6.07, 6.45) is 3.73. The summed E-state index contributed by atoms with van der Waals surface area (Å²) in [6.45, 7) is 17.8. The molecule has 2 aliphatic heterocycles. The molecular weight excluding hydrogens is 955 g/mol. The van der Waals surface area contributed by atoms with Gasteiger partial charge in [0.1, 0.15) is 23.9 Å². The van der Waals surface area contributed by atoms with Gasteiger partial charge in [-0.2, -0.15) is 0 Å². The van der Waals surface area contributed by atoms with Gasteiger partial charge in [-0.05, 0) is 102 Å². The molecule has 0 saturated carbocycles. The number of Topliss-reactive ketones (excluding diaryl/α,β-unsaturated/α-hetero) is 1. The molecule has 8 atom stereocenters. The number of aryl methyl sites for hydroxylation is 1. The molecule has 406 valence electrons. The van der Waals surface area contributed by atoms with Crippen molar-refractivity contribution < 1.29 is 33.6 Å². The van der Waals surface area contributed by atoms with E-state index < -0.39 is 47.0 Å². The van der Waals surface area contributed by atoms with Crippen LogP contribution in [0.1, 0.15) is 144 Å². The van der Waals surface area contributed by atoms with E-state index in [0.717, 1.165) is 47.1 Å². The minimum absolute atomic E-state index is 0.00372. The molecule has 1 aliphatic carbocycles. The quantitative estimate of drug-likeness (QED) is 0.0779. The number of benzene rings is 4. The fourth-order valence-electron chi connectivity index (χ4n) is 10.8. The van der Waals surface area contributed by atoms with E-state index in [-0.39, 0.29) is 92.2 Å². The summed E-state index contributed by atoms with van der Waals surface area (Å²) >= 11 is 0. The number of hydrogen-bond acceptors (Lipinski definition) is 8. The molecule has 1 saturated heterocycles. The zero-order valence-corrected chi connectivity index (χ0v) is 46.4. The van der Waals surface area contributed by atoms with Crippen LogP contribution in [0.25, 0.3) is 0 Å². The Morgan fingerprint density at radius 3 is 1.95 bits per heavy atom. The Morgan fingerprint density at radius 2 is 1.32 bits per heavy atom. The molecule has 6 amide bonds. The second-order valence-corrected chi connectivity index (χ2v) is 23.6. The number of rotatable bonds is 18. The van der Waals surface area contributed by atoms with E-state index in [2.05, 4.69) is 27.3 Å². The molecule has 3 unspecified atom stereocenters. The summed E-state index contributed by atoms with van der Waals surface area (Å²) in [4.78, 5) is 105. The molecule has 14 nitrogen and oxygen atoms in total. The third-order valence-corrected chi connectivity index (χ3v) is 16.0. The predicted molar refractivity (Wildman–Crippen MR) is 295 cm³/mol. The predicted octanol–water partition coefficient (Wildman–Crippen LogP) is 7.87. The van der Waals surface area contributed by atoms with E-state index in [1.807, 2.05) is 140 Å². The highest BCUT2D eigenvalue weighted by atomic mass is 16.2. The van der Waals surface area contributed by atoms with Crippen LogP contribution in [0.15, 0.2) is 103 Å². The van der Waals surface area contributed by atoms with E-state index in [1.165, 1.54) is 5.56 Å². The number of ketones is 1. The molecule has 0 spiro atoms. The monoisotopic (exact) mass is 1040 g/mol. The van der Waals surface area contributed by atoms with Crippen molar-refractivity contribution in [2.45, 2.75) is 163 Å². The van der Waals surface area contributed by atoms with Gasteiger partial charge >= 0.3 is 0 Å². The van der Waals surface area contributed by atoms with Gasteiger partial charge in [-0.3, -0.25) is 33.6 Å². The molecule has 2 heterocycles. The zero-order chi connectivity index (χ0) is 55.1. The van der Waals surface area contributed by atoms with E-state index >= 15 is 4.79 Å². The van der Waals surface area contributed by atoms with Gasteiger partial charge in [-0.15, -0.1) is 0 Å². The van der Waals surface area contributed by atoms with Gasteiger partial charge in [0.15, 0.2) is 0 Å². The summed E-state index contributed by atoms with van der Waals surface area (Å²) < 4.78 is 0. The van der Waals surface area contributed by atoms with Crippen molar-refractivity contribution in [3.8, 4) is 0 Å². The van der Waals surface area contributed by atoms with Gasteiger partial charge in [0.05, 0.1) is 12.1 Å². The van der Waals surface area contributed by atoms with Crippen molar-refractivity contribution in [2.24, 2.45) is 22.7 Å². The molecule has 3 aliphatic rings. The first-order chi connectivity index (χ1) is 36.1.